The molecule has 0 aliphatic rings. The molecule has 1 aromatic carbocycles. The Morgan fingerprint density at radius 1 is 1.18 bits per heavy atom. The van der Waals surface area contributed by atoms with Crippen LogP contribution in [0.2, 0.25) is 0 Å². The maximum Gasteiger partial charge on any atom is 0.417 e. The highest BCUT2D eigenvalue weighted by atomic mass is 19.4. The molecule has 0 radical (unpaired) electrons. The summed E-state index contributed by atoms with van der Waals surface area (Å²) in [6.45, 7) is 0.00539. The van der Waals surface area contributed by atoms with E-state index in [-0.39, 0.29) is 12.2 Å². The van der Waals surface area contributed by atoms with Crippen LogP contribution < -0.4 is 4.90 Å². The summed E-state index contributed by atoms with van der Waals surface area (Å²) in [5.41, 5.74) is -2.13. The van der Waals surface area contributed by atoms with Crippen molar-refractivity contribution >= 4 is 5.69 Å². The van der Waals surface area contributed by atoms with E-state index in [9.17, 15) is 26.3 Å². The normalized spacial score (nSPS) is 12.5. The number of nitrogens with zero attached hydrogens (tertiary/aromatic N) is 2. The molecule has 0 aliphatic carbocycles. The minimum absolute atomic E-state index is 0.195. The molecule has 1 rings (SSSR count). The van der Waals surface area contributed by atoms with Crippen LogP contribution in [0.5, 0.6) is 0 Å². The Labute approximate surface area is 123 Å². The van der Waals surface area contributed by atoms with Crippen LogP contribution in [0.4, 0.5) is 32.0 Å². The fourth-order valence-electron chi connectivity index (χ4n) is 1.77. The maximum absolute atomic E-state index is 12.9. The standard InChI is InChI=1S/C14H12F6N2/c1-2-3-6-22(9-13(15,16)17)11-5-4-10(8-21)12(7-11)14(18,19)20/h2-5,7H,6,9H2,1H3/b3-2+. The van der Waals surface area contributed by atoms with Gasteiger partial charge in [0.2, 0.25) is 0 Å². The summed E-state index contributed by atoms with van der Waals surface area (Å²) in [5, 5.41) is 8.68. The van der Waals surface area contributed by atoms with Gasteiger partial charge in [-0.25, -0.2) is 0 Å². The van der Waals surface area contributed by atoms with Crippen LogP contribution in [0, 0.1) is 11.3 Å². The molecular formula is C14H12F6N2. The van der Waals surface area contributed by atoms with Crippen molar-refractivity contribution in [3.05, 3.63) is 41.5 Å². The second kappa shape index (κ2) is 6.73. The second-order valence-electron chi connectivity index (χ2n) is 4.40. The highest BCUT2D eigenvalue weighted by molar-refractivity contribution is 5.55. The summed E-state index contributed by atoms with van der Waals surface area (Å²) >= 11 is 0. The minimum Gasteiger partial charge on any atom is -0.359 e. The SMILES string of the molecule is C/C=C/CN(CC(F)(F)F)c1ccc(C#N)c(C(F)(F)F)c1. The van der Waals surface area contributed by atoms with Gasteiger partial charge in [0.15, 0.2) is 0 Å². The summed E-state index contributed by atoms with van der Waals surface area (Å²) in [7, 11) is 0. The van der Waals surface area contributed by atoms with Crippen molar-refractivity contribution in [1.29, 1.82) is 5.26 Å². The van der Waals surface area contributed by atoms with Crippen molar-refractivity contribution in [2.24, 2.45) is 0 Å². The van der Waals surface area contributed by atoms with E-state index in [4.69, 9.17) is 5.26 Å². The third-order valence-electron chi connectivity index (χ3n) is 2.73. The molecular weight excluding hydrogens is 310 g/mol. The Bertz CT molecular complexity index is 580. The van der Waals surface area contributed by atoms with E-state index in [1.165, 1.54) is 18.2 Å². The first kappa shape index (κ1) is 17.9. The number of anilines is 1. The van der Waals surface area contributed by atoms with Crippen molar-refractivity contribution in [2.75, 3.05) is 18.0 Å². The average Bonchev–Trinajstić information content (AvgIpc) is 2.40. The molecule has 22 heavy (non-hydrogen) atoms. The zero-order valence-corrected chi connectivity index (χ0v) is 11.5. The smallest absolute Gasteiger partial charge is 0.359 e. The Morgan fingerprint density at radius 3 is 2.27 bits per heavy atom. The lowest BCUT2D eigenvalue weighted by molar-refractivity contribution is -0.137. The molecule has 120 valence electrons. The number of nitriles is 1. The Hall–Kier alpha value is -2.17. The van der Waals surface area contributed by atoms with Crippen molar-refractivity contribution < 1.29 is 26.3 Å². The number of alkyl halides is 6. The third kappa shape index (κ3) is 4.98. The quantitative estimate of drug-likeness (QED) is 0.602. The topological polar surface area (TPSA) is 27.0 Å². The van der Waals surface area contributed by atoms with Gasteiger partial charge in [-0.1, -0.05) is 12.2 Å². The molecule has 0 heterocycles. The van der Waals surface area contributed by atoms with E-state index in [0.717, 1.165) is 17.0 Å². The van der Waals surface area contributed by atoms with Crippen molar-refractivity contribution in [3.8, 4) is 6.07 Å². The van der Waals surface area contributed by atoms with Crippen LogP contribution in [0.3, 0.4) is 0 Å². The van der Waals surface area contributed by atoms with Crippen molar-refractivity contribution in [1.82, 2.24) is 0 Å². The van der Waals surface area contributed by atoms with Crippen LogP contribution in [-0.4, -0.2) is 19.3 Å². The number of benzene rings is 1. The number of allylic oxidation sites excluding steroid dienone is 1. The van der Waals surface area contributed by atoms with Gasteiger partial charge in [0, 0.05) is 12.2 Å². The third-order valence-corrected chi connectivity index (χ3v) is 2.73. The van der Waals surface area contributed by atoms with Crippen molar-refractivity contribution in [3.63, 3.8) is 0 Å². The molecule has 2 nitrogen and oxygen atoms in total. The molecule has 0 fully saturated rings. The number of rotatable bonds is 4. The lowest BCUT2D eigenvalue weighted by atomic mass is 10.1. The fourth-order valence-corrected chi connectivity index (χ4v) is 1.77. The molecule has 8 heteroatoms. The summed E-state index contributed by atoms with van der Waals surface area (Å²) in [6, 6.07) is 3.89. The molecule has 0 bridgehead atoms. The lowest BCUT2D eigenvalue weighted by Crippen LogP contribution is -2.34. The lowest BCUT2D eigenvalue weighted by Gasteiger charge is -2.25. The molecule has 0 N–H and O–H groups in total. The van der Waals surface area contributed by atoms with E-state index in [0.29, 0.717) is 6.07 Å². The fraction of sp³-hybridized carbons (Fsp3) is 0.357. The van der Waals surface area contributed by atoms with Gasteiger partial charge in [-0.3, -0.25) is 0 Å². The van der Waals surface area contributed by atoms with E-state index < -0.39 is 30.0 Å². The zero-order valence-electron chi connectivity index (χ0n) is 11.5. The first-order chi connectivity index (χ1) is 10.1. The Balaban J connectivity index is 3.28. The van der Waals surface area contributed by atoms with Gasteiger partial charge in [0.1, 0.15) is 6.54 Å². The van der Waals surface area contributed by atoms with E-state index in [1.807, 2.05) is 0 Å². The average molecular weight is 322 g/mol. The molecule has 0 atom stereocenters. The Morgan fingerprint density at radius 2 is 1.82 bits per heavy atom. The summed E-state index contributed by atoms with van der Waals surface area (Å²) in [6.07, 6.45) is -6.48. The molecule has 0 aliphatic heterocycles. The first-order valence-electron chi connectivity index (χ1n) is 6.12. The molecule has 1 aromatic rings. The molecule has 0 saturated carbocycles. The summed E-state index contributed by atoms with van der Waals surface area (Å²) in [4.78, 5) is 0.760. The minimum atomic E-state index is -4.81. The van der Waals surface area contributed by atoms with Gasteiger partial charge in [0.25, 0.3) is 0 Å². The van der Waals surface area contributed by atoms with Gasteiger partial charge in [0.05, 0.1) is 17.2 Å². The van der Waals surface area contributed by atoms with Gasteiger partial charge in [-0.05, 0) is 25.1 Å². The number of hydrogen-bond acceptors (Lipinski definition) is 2. The van der Waals surface area contributed by atoms with E-state index in [1.54, 1.807) is 6.92 Å². The van der Waals surface area contributed by atoms with Crippen LogP contribution >= 0.6 is 0 Å². The van der Waals surface area contributed by atoms with Gasteiger partial charge >= 0.3 is 12.4 Å². The molecule has 0 saturated heterocycles. The highest BCUT2D eigenvalue weighted by Crippen LogP contribution is 2.35. The summed E-state index contributed by atoms with van der Waals surface area (Å²) < 4.78 is 76.3. The van der Waals surface area contributed by atoms with Crippen LogP contribution in [0.25, 0.3) is 0 Å². The molecule has 0 spiro atoms. The number of halogens is 6. The Kier molecular flexibility index (Phi) is 5.47. The molecule has 0 amide bonds. The molecule has 0 unspecified atom stereocenters. The van der Waals surface area contributed by atoms with Crippen molar-refractivity contribution in [2.45, 2.75) is 19.3 Å². The number of hydrogen-bond donors (Lipinski definition) is 0. The van der Waals surface area contributed by atoms with Gasteiger partial charge in [-0.2, -0.15) is 31.6 Å². The van der Waals surface area contributed by atoms with Crippen LogP contribution in [-0.2, 0) is 6.18 Å². The highest BCUT2D eigenvalue weighted by Gasteiger charge is 2.35. The second-order valence-corrected chi connectivity index (χ2v) is 4.40. The van der Waals surface area contributed by atoms with E-state index in [2.05, 4.69) is 0 Å². The van der Waals surface area contributed by atoms with Crippen LogP contribution in [0.15, 0.2) is 30.4 Å². The largest absolute Gasteiger partial charge is 0.417 e. The van der Waals surface area contributed by atoms with Gasteiger partial charge < -0.3 is 4.90 Å². The summed E-state index contributed by atoms with van der Waals surface area (Å²) in [5.74, 6) is 0. The van der Waals surface area contributed by atoms with Gasteiger partial charge in [-0.15, -0.1) is 0 Å². The predicted octanol–water partition coefficient (Wildman–Crippen LogP) is 4.52. The monoisotopic (exact) mass is 322 g/mol. The predicted molar refractivity (Wildman–Crippen MR) is 69.2 cm³/mol. The maximum atomic E-state index is 12.9. The van der Waals surface area contributed by atoms with E-state index >= 15 is 0 Å². The molecule has 0 aromatic heterocycles. The zero-order chi connectivity index (χ0) is 17.0. The first-order valence-corrected chi connectivity index (χ1v) is 6.12. The van der Waals surface area contributed by atoms with Crippen LogP contribution in [0.1, 0.15) is 18.1 Å².